The van der Waals surface area contributed by atoms with Crippen LogP contribution in [0.3, 0.4) is 0 Å². The fourth-order valence-corrected chi connectivity index (χ4v) is 4.41. The van der Waals surface area contributed by atoms with Gasteiger partial charge in [0, 0.05) is 22.7 Å². The van der Waals surface area contributed by atoms with E-state index in [4.69, 9.17) is 0 Å². The molecule has 0 spiro atoms. The van der Waals surface area contributed by atoms with Crippen LogP contribution in [-0.2, 0) is 10.0 Å². The van der Waals surface area contributed by atoms with E-state index in [0.29, 0.717) is 11.4 Å². The normalized spacial score (nSPS) is 13.0. The lowest BCUT2D eigenvalue weighted by Gasteiger charge is -2.10. The highest BCUT2D eigenvalue weighted by Gasteiger charge is 2.17. The van der Waals surface area contributed by atoms with E-state index in [-0.39, 0.29) is 16.7 Å². The van der Waals surface area contributed by atoms with E-state index in [1.807, 2.05) is 24.4 Å². The standard InChI is InChI=1S/C13H16N2O3S3/c1-9(11-4-3-5-19-11)7-15-13(16)12-6-10(8-20-12)21(17,18)14-2/h3-6,8-9,14H,7H2,1-2H3,(H,15,16)/t9-/m0/s1. The lowest BCUT2D eigenvalue weighted by atomic mass is 10.1. The fraction of sp³-hybridized carbons (Fsp3) is 0.308. The first-order valence-electron chi connectivity index (χ1n) is 6.27. The Hall–Kier alpha value is -1.22. The molecule has 0 aliphatic rings. The molecule has 0 aromatic carbocycles. The van der Waals surface area contributed by atoms with E-state index >= 15 is 0 Å². The van der Waals surface area contributed by atoms with Crippen LogP contribution in [0.15, 0.2) is 33.9 Å². The van der Waals surface area contributed by atoms with Crippen molar-refractivity contribution in [1.82, 2.24) is 10.0 Å². The Morgan fingerprint density at radius 1 is 1.38 bits per heavy atom. The summed E-state index contributed by atoms with van der Waals surface area (Å²) in [7, 11) is -2.15. The molecule has 0 radical (unpaired) electrons. The summed E-state index contributed by atoms with van der Waals surface area (Å²) in [5.74, 6) is -0.0182. The summed E-state index contributed by atoms with van der Waals surface area (Å²) in [5, 5.41) is 6.30. The lowest BCUT2D eigenvalue weighted by Crippen LogP contribution is -2.26. The molecule has 0 fully saturated rings. The Morgan fingerprint density at radius 2 is 2.14 bits per heavy atom. The summed E-state index contributed by atoms with van der Waals surface area (Å²) in [6, 6.07) is 5.40. The molecule has 1 amide bonds. The fourth-order valence-electron chi connectivity index (χ4n) is 1.70. The smallest absolute Gasteiger partial charge is 0.261 e. The maximum absolute atomic E-state index is 12.0. The third-order valence-electron chi connectivity index (χ3n) is 2.98. The van der Waals surface area contributed by atoms with Gasteiger partial charge in [-0.15, -0.1) is 22.7 Å². The van der Waals surface area contributed by atoms with Crippen LogP contribution in [-0.4, -0.2) is 27.9 Å². The van der Waals surface area contributed by atoms with Crippen molar-refractivity contribution in [3.8, 4) is 0 Å². The highest BCUT2D eigenvalue weighted by molar-refractivity contribution is 7.89. The second-order valence-electron chi connectivity index (χ2n) is 4.48. The highest BCUT2D eigenvalue weighted by Crippen LogP contribution is 2.21. The predicted molar refractivity (Wildman–Crippen MR) is 85.6 cm³/mol. The topological polar surface area (TPSA) is 75.3 Å². The van der Waals surface area contributed by atoms with Crippen LogP contribution in [0.1, 0.15) is 27.4 Å². The number of hydrogen-bond donors (Lipinski definition) is 2. The zero-order chi connectivity index (χ0) is 15.5. The van der Waals surface area contributed by atoms with Crippen molar-refractivity contribution >= 4 is 38.6 Å². The minimum atomic E-state index is -3.50. The molecular formula is C13H16N2O3S3. The molecule has 0 saturated heterocycles. The Bertz CT molecular complexity index is 705. The predicted octanol–water partition coefficient (Wildman–Crippen LogP) is 2.25. The van der Waals surface area contributed by atoms with Crippen LogP contribution in [0.5, 0.6) is 0 Å². The Balaban J connectivity index is 1.98. The van der Waals surface area contributed by atoms with Crippen molar-refractivity contribution < 1.29 is 13.2 Å². The van der Waals surface area contributed by atoms with Gasteiger partial charge in [0.25, 0.3) is 5.91 Å². The van der Waals surface area contributed by atoms with Gasteiger partial charge in [0.1, 0.15) is 0 Å². The average molecular weight is 344 g/mol. The number of thiophene rings is 2. The van der Waals surface area contributed by atoms with Crippen molar-refractivity contribution in [2.75, 3.05) is 13.6 Å². The molecule has 8 heteroatoms. The van der Waals surface area contributed by atoms with Crippen LogP contribution >= 0.6 is 22.7 Å². The summed E-state index contributed by atoms with van der Waals surface area (Å²) in [4.78, 5) is 13.8. The maximum Gasteiger partial charge on any atom is 0.261 e. The molecule has 2 N–H and O–H groups in total. The summed E-state index contributed by atoms with van der Waals surface area (Å²) >= 11 is 2.77. The van der Waals surface area contributed by atoms with E-state index < -0.39 is 10.0 Å². The van der Waals surface area contributed by atoms with Gasteiger partial charge < -0.3 is 5.32 Å². The van der Waals surface area contributed by atoms with Gasteiger partial charge in [-0.2, -0.15) is 0 Å². The van der Waals surface area contributed by atoms with E-state index in [1.54, 1.807) is 11.3 Å². The van der Waals surface area contributed by atoms with Crippen molar-refractivity contribution in [1.29, 1.82) is 0 Å². The minimum Gasteiger partial charge on any atom is -0.351 e. The molecule has 2 aromatic rings. The van der Waals surface area contributed by atoms with E-state index in [9.17, 15) is 13.2 Å². The third-order valence-corrected chi connectivity index (χ3v) is 6.55. The maximum atomic E-state index is 12.0. The molecule has 2 rings (SSSR count). The number of hydrogen-bond acceptors (Lipinski definition) is 5. The van der Waals surface area contributed by atoms with Gasteiger partial charge in [-0.25, -0.2) is 13.1 Å². The number of carbonyl (C=O) groups excluding carboxylic acids is 1. The van der Waals surface area contributed by atoms with E-state index in [0.717, 1.165) is 11.3 Å². The number of carbonyl (C=O) groups is 1. The van der Waals surface area contributed by atoms with Gasteiger partial charge in [0.2, 0.25) is 10.0 Å². The van der Waals surface area contributed by atoms with Crippen LogP contribution in [0.4, 0.5) is 0 Å². The number of rotatable bonds is 6. The molecule has 0 bridgehead atoms. The largest absolute Gasteiger partial charge is 0.351 e. The molecule has 0 aliphatic carbocycles. The zero-order valence-corrected chi connectivity index (χ0v) is 14.1. The first kappa shape index (κ1) is 16.2. The quantitative estimate of drug-likeness (QED) is 0.844. The van der Waals surface area contributed by atoms with Crippen LogP contribution in [0.25, 0.3) is 0 Å². The molecule has 0 unspecified atom stereocenters. The first-order valence-corrected chi connectivity index (χ1v) is 9.52. The van der Waals surface area contributed by atoms with Gasteiger partial charge in [0.05, 0.1) is 9.77 Å². The summed E-state index contributed by atoms with van der Waals surface area (Å²) < 4.78 is 25.5. The number of amides is 1. The van der Waals surface area contributed by atoms with Crippen LogP contribution in [0, 0.1) is 0 Å². The monoisotopic (exact) mass is 344 g/mol. The zero-order valence-electron chi connectivity index (χ0n) is 11.6. The van der Waals surface area contributed by atoms with Crippen molar-refractivity contribution in [3.05, 3.63) is 38.7 Å². The van der Waals surface area contributed by atoms with Crippen LogP contribution in [0.2, 0.25) is 0 Å². The summed E-state index contributed by atoms with van der Waals surface area (Å²) in [5.41, 5.74) is 0. The van der Waals surface area contributed by atoms with Crippen molar-refractivity contribution in [2.45, 2.75) is 17.7 Å². The molecule has 2 heterocycles. The first-order chi connectivity index (χ1) is 9.94. The Morgan fingerprint density at radius 3 is 2.76 bits per heavy atom. The average Bonchev–Trinajstić information content (AvgIpc) is 3.14. The van der Waals surface area contributed by atoms with Gasteiger partial charge in [-0.1, -0.05) is 13.0 Å². The van der Waals surface area contributed by atoms with E-state index in [1.165, 1.54) is 23.4 Å². The molecule has 0 saturated carbocycles. The van der Waals surface area contributed by atoms with E-state index in [2.05, 4.69) is 10.0 Å². The highest BCUT2D eigenvalue weighted by atomic mass is 32.2. The Kier molecular flexibility index (Phi) is 5.15. The third kappa shape index (κ3) is 3.91. The van der Waals surface area contributed by atoms with Gasteiger partial charge in [-0.05, 0) is 24.6 Å². The molecule has 2 aromatic heterocycles. The van der Waals surface area contributed by atoms with Crippen molar-refractivity contribution in [3.63, 3.8) is 0 Å². The second kappa shape index (κ2) is 6.69. The minimum absolute atomic E-state index is 0.117. The molecule has 0 aliphatic heterocycles. The molecule has 5 nitrogen and oxygen atoms in total. The lowest BCUT2D eigenvalue weighted by molar-refractivity contribution is 0.0955. The Labute approximate surface area is 132 Å². The second-order valence-corrected chi connectivity index (χ2v) is 8.26. The molecule has 1 atom stereocenters. The van der Waals surface area contributed by atoms with Gasteiger partial charge in [-0.3, -0.25) is 4.79 Å². The molecule has 21 heavy (non-hydrogen) atoms. The molecular weight excluding hydrogens is 328 g/mol. The number of nitrogens with one attached hydrogen (secondary N) is 2. The van der Waals surface area contributed by atoms with Crippen molar-refractivity contribution in [2.24, 2.45) is 0 Å². The van der Waals surface area contributed by atoms with Crippen LogP contribution < -0.4 is 10.0 Å². The SMILES string of the molecule is CNS(=O)(=O)c1csc(C(=O)NC[C@H](C)c2cccs2)c1. The summed E-state index contributed by atoms with van der Waals surface area (Å²) in [6.07, 6.45) is 0. The van der Waals surface area contributed by atoms with Gasteiger partial charge in [0.15, 0.2) is 0 Å². The summed E-state index contributed by atoms with van der Waals surface area (Å²) in [6.45, 7) is 2.56. The molecule has 114 valence electrons. The number of sulfonamides is 1. The van der Waals surface area contributed by atoms with Gasteiger partial charge >= 0.3 is 0 Å².